The number of aryl methyl sites for hydroxylation is 1. The third-order valence-corrected chi connectivity index (χ3v) is 4.81. The minimum absolute atomic E-state index is 0.183. The van der Waals surface area contributed by atoms with Crippen LogP contribution >= 0.6 is 11.6 Å². The third kappa shape index (κ3) is 5.36. The van der Waals surface area contributed by atoms with E-state index in [2.05, 4.69) is 15.7 Å². The minimum Gasteiger partial charge on any atom is -0.352 e. The van der Waals surface area contributed by atoms with Crippen molar-refractivity contribution in [3.05, 3.63) is 88.2 Å². The van der Waals surface area contributed by atoms with E-state index in [4.69, 9.17) is 11.6 Å². The molecule has 154 valence electrons. The van der Waals surface area contributed by atoms with Gasteiger partial charge in [0.2, 0.25) is 5.91 Å². The number of amides is 2. The zero-order valence-corrected chi connectivity index (χ0v) is 17.6. The molecule has 0 atom stereocenters. The van der Waals surface area contributed by atoms with Gasteiger partial charge in [0, 0.05) is 29.4 Å². The number of anilines is 1. The third-order valence-electron chi connectivity index (χ3n) is 4.42. The van der Waals surface area contributed by atoms with Gasteiger partial charge in [0.25, 0.3) is 5.91 Å². The van der Waals surface area contributed by atoms with Gasteiger partial charge in [-0.25, -0.2) is 4.68 Å². The summed E-state index contributed by atoms with van der Waals surface area (Å²) in [6, 6.07) is 16.7. The van der Waals surface area contributed by atoms with E-state index in [0.717, 1.165) is 11.3 Å². The first-order valence-corrected chi connectivity index (χ1v) is 10.00. The van der Waals surface area contributed by atoms with E-state index in [0.29, 0.717) is 35.1 Å². The predicted octanol–water partition coefficient (Wildman–Crippen LogP) is 4.29. The molecule has 0 unspecified atom stereocenters. The number of halogens is 1. The lowest BCUT2D eigenvalue weighted by Gasteiger charge is -2.06. The Kier molecular flexibility index (Phi) is 7.03. The lowest BCUT2D eigenvalue weighted by molar-refractivity contribution is -0.111. The highest BCUT2D eigenvalue weighted by Gasteiger charge is 2.12. The molecule has 1 heterocycles. The first kappa shape index (κ1) is 21.3. The first-order valence-electron chi connectivity index (χ1n) is 9.62. The molecule has 30 heavy (non-hydrogen) atoms. The highest BCUT2D eigenvalue weighted by atomic mass is 35.5. The van der Waals surface area contributed by atoms with Crippen LogP contribution < -0.4 is 10.6 Å². The van der Waals surface area contributed by atoms with E-state index >= 15 is 0 Å². The molecular formula is C23H23ClN4O2. The number of nitrogens with zero attached hydrogens (tertiary/aromatic N) is 2. The summed E-state index contributed by atoms with van der Waals surface area (Å²) in [5.74, 6) is -0.508. The normalized spacial score (nSPS) is 10.9. The van der Waals surface area contributed by atoms with Gasteiger partial charge in [-0.1, -0.05) is 48.0 Å². The highest BCUT2D eigenvalue weighted by molar-refractivity contribution is 6.31. The van der Waals surface area contributed by atoms with E-state index in [-0.39, 0.29) is 11.8 Å². The van der Waals surface area contributed by atoms with Crippen LogP contribution in [-0.4, -0.2) is 28.1 Å². The molecule has 0 aliphatic heterocycles. The van der Waals surface area contributed by atoms with Crippen molar-refractivity contribution < 1.29 is 9.59 Å². The second kappa shape index (κ2) is 9.89. The maximum absolute atomic E-state index is 12.3. The van der Waals surface area contributed by atoms with Gasteiger partial charge in [0.15, 0.2) is 0 Å². The van der Waals surface area contributed by atoms with Crippen LogP contribution in [0.1, 0.15) is 34.1 Å². The van der Waals surface area contributed by atoms with Crippen LogP contribution in [0.3, 0.4) is 0 Å². The average Bonchev–Trinajstić information content (AvgIpc) is 3.00. The maximum atomic E-state index is 12.3. The monoisotopic (exact) mass is 422 g/mol. The molecule has 0 bridgehead atoms. The molecule has 2 N–H and O–H groups in total. The van der Waals surface area contributed by atoms with Crippen molar-refractivity contribution in [3.8, 4) is 0 Å². The fourth-order valence-electron chi connectivity index (χ4n) is 2.96. The van der Waals surface area contributed by atoms with Crippen LogP contribution in [-0.2, 0) is 11.3 Å². The van der Waals surface area contributed by atoms with E-state index in [1.165, 1.54) is 6.08 Å². The molecule has 0 aliphatic rings. The minimum atomic E-state index is -0.325. The van der Waals surface area contributed by atoms with Crippen molar-refractivity contribution in [2.24, 2.45) is 0 Å². The molecule has 6 nitrogen and oxygen atoms in total. The van der Waals surface area contributed by atoms with Crippen molar-refractivity contribution in [2.45, 2.75) is 20.4 Å². The van der Waals surface area contributed by atoms with Crippen LogP contribution in [0, 0.1) is 6.92 Å². The largest absolute Gasteiger partial charge is 0.352 e. The van der Waals surface area contributed by atoms with Gasteiger partial charge in [-0.3, -0.25) is 9.59 Å². The number of hydrogen-bond donors (Lipinski definition) is 2. The van der Waals surface area contributed by atoms with Gasteiger partial charge in [0.05, 0.1) is 12.2 Å². The summed E-state index contributed by atoms with van der Waals surface area (Å²) >= 11 is 6.48. The van der Waals surface area contributed by atoms with Crippen molar-refractivity contribution in [3.63, 3.8) is 0 Å². The summed E-state index contributed by atoms with van der Waals surface area (Å²) in [5.41, 5.74) is 3.54. The summed E-state index contributed by atoms with van der Waals surface area (Å²) in [7, 11) is 0. The highest BCUT2D eigenvalue weighted by Crippen LogP contribution is 2.22. The topological polar surface area (TPSA) is 76.0 Å². The van der Waals surface area contributed by atoms with Crippen LogP contribution in [0.15, 0.2) is 60.7 Å². The molecule has 0 spiro atoms. The molecule has 0 saturated carbocycles. The summed E-state index contributed by atoms with van der Waals surface area (Å²) in [6.07, 6.45) is 3.05. The molecule has 1 aromatic heterocycles. The lowest BCUT2D eigenvalue weighted by atomic mass is 10.2. The van der Waals surface area contributed by atoms with Crippen LogP contribution in [0.5, 0.6) is 0 Å². The molecular weight excluding hydrogens is 400 g/mol. The number of carbonyl (C=O) groups excluding carboxylic acids is 2. The average molecular weight is 423 g/mol. The predicted molar refractivity (Wildman–Crippen MR) is 120 cm³/mol. The van der Waals surface area contributed by atoms with Gasteiger partial charge in [-0.15, -0.1) is 0 Å². The van der Waals surface area contributed by atoms with E-state index in [1.54, 1.807) is 35.0 Å². The molecule has 0 aliphatic carbocycles. The number of aromatic nitrogens is 2. The van der Waals surface area contributed by atoms with Gasteiger partial charge < -0.3 is 10.6 Å². The Morgan fingerprint density at radius 2 is 1.90 bits per heavy atom. The van der Waals surface area contributed by atoms with Gasteiger partial charge in [-0.2, -0.15) is 5.10 Å². The standard InChI is InChI=1S/C23H23ClN4O2/c1-3-25-23(30)18-10-7-11-19(14-18)26-21(29)13-12-20-16(2)27-28(22(20)24)15-17-8-5-4-6-9-17/h4-14H,3,15H2,1-2H3,(H,25,30)(H,26,29)/b13-12+. The Bertz CT molecular complexity index is 1070. The smallest absolute Gasteiger partial charge is 0.251 e. The second-order valence-corrected chi connectivity index (χ2v) is 7.05. The number of rotatable bonds is 7. The Morgan fingerprint density at radius 3 is 2.63 bits per heavy atom. The van der Waals surface area contributed by atoms with E-state index < -0.39 is 0 Å². The number of nitrogens with one attached hydrogen (secondary N) is 2. The SMILES string of the molecule is CCNC(=O)c1cccc(NC(=O)/C=C/c2c(C)nn(Cc3ccccc3)c2Cl)c1. The fourth-order valence-corrected chi connectivity index (χ4v) is 3.26. The van der Waals surface area contributed by atoms with Crippen LogP contribution in [0.4, 0.5) is 5.69 Å². The summed E-state index contributed by atoms with van der Waals surface area (Å²) < 4.78 is 1.71. The molecule has 3 aromatic rings. The van der Waals surface area contributed by atoms with Crippen LogP contribution in [0.25, 0.3) is 6.08 Å². The zero-order chi connectivity index (χ0) is 21.5. The van der Waals surface area contributed by atoms with E-state index in [1.807, 2.05) is 44.2 Å². The summed E-state index contributed by atoms with van der Waals surface area (Å²) in [6.45, 7) is 4.79. The second-order valence-electron chi connectivity index (χ2n) is 6.70. The molecule has 2 aromatic carbocycles. The molecule has 0 fully saturated rings. The Balaban J connectivity index is 1.69. The van der Waals surface area contributed by atoms with Gasteiger partial charge >= 0.3 is 0 Å². The fraction of sp³-hybridized carbons (Fsp3) is 0.174. The van der Waals surface area contributed by atoms with Crippen molar-refractivity contribution in [2.75, 3.05) is 11.9 Å². The zero-order valence-electron chi connectivity index (χ0n) is 16.9. The summed E-state index contributed by atoms with van der Waals surface area (Å²) in [4.78, 5) is 24.3. The number of hydrogen-bond acceptors (Lipinski definition) is 3. The lowest BCUT2D eigenvalue weighted by Crippen LogP contribution is -2.22. The Hall–Kier alpha value is -3.38. The van der Waals surface area contributed by atoms with E-state index in [9.17, 15) is 9.59 Å². The quantitative estimate of drug-likeness (QED) is 0.557. The Morgan fingerprint density at radius 1 is 1.13 bits per heavy atom. The molecule has 0 radical (unpaired) electrons. The maximum Gasteiger partial charge on any atom is 0.251 e. The van der Waals surface area contributed by atoms with Crippen molar-refractivity contribution >= 4 is 35.2 Å². The molecule has 3 rings (SSSR count). The number of carbonyl (C=O) groups is 2. The van der Waals surface area contributed by atoms with Gasteiger partial charge in [-0.05, 0) is 43.7 Å². The number of benzene rings is 2. The molecule has 0 saturated heterocycles. The molecule has 2 amide bonds. The van der Waals surface area contributed by atoms with Gasteiger partial charge in [0.1, 0.15) is 5.15 Å². The van der Waals surface area contributed by atoms with Crippen LogP contribution in [0.2, 0.25) is 5.15 Å². The molecule has 7 heteroatoms. The first-order chi connectivity index (χ1) is 14.5. The summed E-state index contributed by atoms with van der Waals surface area (Å²) in [5, 5.41) is 10.4. The van der Waals surface area contributed by atoms with Crippen molar-refractivity contribution in [1.29, 1.82) is 0 Å². The van der Waals surface area contributed by atoms with Crippen molar-refractivity contribution in [1.82, 2.24) is 15.1 Å². The Labute approximate surface area is 180 Å².